The van der Waals surface area contributed by atoms with Crippen molar-refractivity contribution in [2.24, 2.45) is 10.4 Å². The second kappa shape index (κ2) is 11.6. The van der Waals surface area contributed by atoms with Crippen molar-refractivity contribution in [1.82, 2.24) is 10.6 Å². The van der Waals surface area contributed by atoms with Crippen LogP contribution in [-0.2, 0) is 17.6 Å². The van der Waals surface area contributed by atoms with Crippen molar-refractivity contribution in [3.8, 4) is 5.75 Å². The van der Waals surface area contributed by atoms with Gasteiger partial charge in [-0.3, -0.25) is 4.99 Å². The minimum absolute atomic E-state index is 0.334. The minimum Gasteiger partial charge on any atom is -0.497 e. The highest BCUT2D eigenvalue weighted by Gasteiger charge is 2.41. The molecule has 0 unspecified atom stereocenters. The van der Waals surface area contributed by atoms with Crippen molar-refractivity contribution in [2.75, 3.05) is 40.0 Å². The average Bonchev–Trinajstić information content (AvgIpc) is 3.34. The average molecular weight is 414 g/mol. The Morgan fingerprint density at radius 1 is 1.10 bits per heavy atom. The van der Waals surface area contributed by atoms with Crippen molar-refractivity contribution in [3.63, 3.8) is 0 Å². The molecule has 1 aliphatic carbocycles. The number of ether oxygens (including phenoxy) is 2. The van der Waals surface area contributed by atoms with Crippen molar-refractivity contribution < 1.29 is 13.9 Å². The van der Waals surface area contributed by atoms with E-state index in [4.69, 9.17) is 18.9 Å². The van der Waals surface area contributed by atoms with Gasteiger partial charge in [-0.2, -0.15) is 0 Å². The third-order valence-electron chi connectivity index (χ3n) is 5.62. The Hall–Kier alpha value is -2.47. The summed E-state index contributed by atoms with van der Waals surface area (Å²) in [7, 11) is 1.69. The van der Waals surface area contributed by atoms with Gasteiger partial charge < -0.3 is 24.5 Å². The summed E-state index contributed by atoms with van der Waals surface area (Å²) in [6, 6.07) is 12.1. The van der Waals surface area contributed by atoms with E-state index in [1.165, 1.54) is 18.4 Å². The molecule has 0 atom stereocenters. The molecule has 1 aromatic carbocycles. The predicted octanol–water partition coefficient (Wildman–Crippen LogP) is 3.82. The lowest BCUT2D eigenvalue weighted by Crippen LogP contribution is -2.40. The molecule has 2 aromatic rings. The maximum absolute atomic E-state index is 5.55. The zero-order chi connectivity index (χ0) is 21.1. The summed E-state index contributed by atoms with van der Waals surface area (Å²) in [4.78, 5) is 4.90. The minimum atomic E-state index is 0.334. The molecular weight excluding hydrogens is 378 g/mol. The summed E-state index contributed by atoms with van der Waals surface area (Å²) in [6.07, 6.45) is 7.06. The van der Waals surface area contributed by atoms with Crippen LogP contribution in [0.1, 0.15) is 37.5 Å². The maximum Gasteiger partial charge on any atom is 0.191 e. The summed E-state index contributed by atoms with van der Waals surface area (Å²) in [5.41, 5.74) is 1.61. The van der Waals surface area contributed by atoms with E-state index in [0.717, 1.165) is 69.6 Å². The normalized spacial score (nSPS) is 15.1. The molecule has 0 radical (unpaired) electrons. The van der Waals surface area contributed by atoms with Crippen LogP contribution in [0.3, 0.4) is 0 Å². The monoisotopic (exact) mass is 413 g/mol. The van der Waals surface area contributed by atoms with Crippen LogP contribution in [-0.4, -0.2) is 45.9 Å². The van der Waals surface area contributed by atoms with E-state index < -0.39 is 0 Å². The Labute approximate surface area is 180 Å². The third-order valence-corrected chi connectivity index (χ3v) is 5.62. The smallest absolute Gasteiger partial charge is 0.191 e. The molecule has 1 fully saturated rings. The SMILES string of the molecule is CCOCCC1(CN=C(NCCc2ccc(OC)cc2)NCCc2ccco2)CC1. The fraction of sp³-hybridized carbons (Fsp3) is 0.542. The van der Waals surface area contributed by atoms with E-state index in [-0.39, 0.29) is 0 Å². The number of guanidine groups is 1. The second-order valence-electron chi connectivity index (χ2n) is 7.89. The van der Waals surface area contributed by atoms with Crippen molar-refractivity contribution in [1.29, 1.82) is 0 Å². The summed E-state index contributed by atoms with van der Waals surface area (Å²) in [5, 5.41) is 6.95. The zero-order valence-corrected chi connectivity index (χ0v) is 18.3. The van der Waals surface area contributed by atoms with Gasteiger partial charge in [0.15, 0.2) is 5.96 Å². The van der Waals surface area contributed by atoms with Gasteiger partial charge in [0, 0.05) is 39.3 Å². The second-order valence-corrected chi connectivity index (χ2v) is 7.89. The van der Waals surface area contributed by atoms with E-state index in [1.54, 1.807) is 13.4 Å². The number of hydrogen-bond donors (Lipinski definition) is 2. The first kappa shape index (κ1) is 22.2. The number of furan rings is 1. The number of methoxy groups -OCH3 is 1. The highest BCUT2D eigenvalue weighted by Crippen LogP contribution is 2.49. The molecule has 6 nitrogen and oxygen atoms in total. The van der Waals surface area contributed by atoms with Gasteiger partial charge >= 0.3 is 0 Å². The van der Waals surface area contributed by atoms with Crippen LogP contribution in [0.5, 0.6) is 5.75 Å². The molecule has 164 valence electrons. The van der Waals surface area contributed by atoms with E-state index >= 15 is 0 Å². The lowest BCUT2D eigenvalue weighted by molar-refractivity contribution is 0.129. The van der Waals surface area contributed by atoms with Gasteiger partial charge in [-0.05, 0) is 67.9 Å². The van der Waals surface area contributed by atoms with Gasteiger partial charge in [-0.1, -0.05) is 12.1 Å². The molecule has 30 heavy (non-hydrogen) atoms. The number of nitrogens with zero attached hydrogens (tertiary/aromatic N) is 1. The van der Waals surface area contributed by atoms with Crippen molar-refractivity contribution >= 4 is 5.96 Å². The van der Waals surface area contributed by atoms with E-state index in [9.17, 15) is 0 Å². The Balaban J connectivity index is 1.49. The number of benzene rings is 1. The summed E-state index contributed by atoms with van der Waals surface area (Å²) >= 11 is 0. The fourth-order valence-corrected chi connectivity index (χ4v) is 3.39. The summed E-state index contributed by atoms with van der Waals surface area (Å²) in [6.45, 7) is 6.12. The number of aliphatic imine (C=N–C) groups is 1. The van der Waals surface area contributed by atoms with Crippen LogP contribution in [0.2, 0.25) is 0 Å². The van der Waals surface area contributed by atoms with E-state index in [1.807, 2.05) is 31.2 Å². The first-order valence-corrected chi connectivity index (χ1v) is 11.0. The van der Waals surface area contributed by atoms with Gasteiger partial charge in [-0.15, -0.1) is 0 Å². The maximum atomic E-state index is 5.55. The molecular formula is C24H35N3O3. The molecule has 0 bridgehead atoms. The number of hydrogen-bond acceptors (Lipinski definition) is 4. The molecule has 0 amide bonds. The third kappa shape index (κ3) is 7.41. The highest BCUT2D eigenvalue weighted by molar-refractivity contribution is 5.79. The van der Waals surface area contributed by atoms with Crippen LogP contribution < -0.4 is 15.4 Å². The Bertz CT molecular complexity index is 753. The first-order valence-electron chi connectivity index (χ1n) is 11.0. The lowest BCUT2D eigenvalue weighted by Gasteiger charge is -2.16. The van der Waals surface area contributed by atoms with Crippen LogP contribution in [0.4, 0.5) is 0 Å². The van der Waals surface area contributed by atoms with Crippen molar-refractivity contribution in [3.05, 3.63) is 54.0 Å². The lowest BCUT2D eigenvalue weighted by atomic mass is 10.0. The summed E-state index contributed by atoms with van der Waals surface area (Å²) < 4.78 is 16.2. The topological polar surface area (TPSA) is 68.0 Å². The number of rotatable bonds is 13. The molecule has 1 saturated carbocycles. The van der Waals surface area contributed by atoms with Crippen molar-refractivity contribution in [2.45, 2.75) is 39.0 Å². The molecule has 0 saturated heterocycles. The summed E-state index contributed by atoms with van der Waals surface area (Å²) in [5.74, 6) is 2.74. The molecule has 0 spiro atoms. The molecule has 1 aliphatic rings. The standard InChI is InChI=1S/C24H35N3O3/c1-3-29-18-14-24(12-13-24)19-27-23(26-16-11-22-5-4-17-30-22)25-15-10-20-6-8-21(28-2)9-7-20/h4-9,17H,3,10-16,18-19H2,1-2H3,(H2,25,26,27). The van der Waals surface area contributed by atoms with Gasteiger partial charge in [-0.25, -0.2) is 0 Å². The molecule has 2 N–H and O–H groups in total. The van der Waals surface area contributed by atoms with Crippen LogP contribution in [0.15, 0.2) is 52.1 Å². The Morgan fingerprint density at radius 2 is 1.87 bits per heavy atom. The Morgan fingerprint density at radius 3 is 2.50 bits per heavy atom. The fourth-order valence-electron chi connectivity index (χ4n) is 3.39. The largest absolute Gasteiger partial charge is 0.497 e. The van der Waals surface area contributed by atoms with E-state index in [2.05, 4.69) is 22.8 Å². The van der Waals surface area contributed by atoms with Crippen LogP contribution in [0, 0.1) is 5.41 Å². The molecule has 1 heterocycles. The van der Waals surface area contributed by atoms with E-state index in [0.29, 0.717) is 5.41 Å². The molecule has 6 heteroatoms. The molecule has 1 aromatic heterocycles. The quantitative estimate of drug-likeness (QED) is 0.297. The zero-order valence-electron chi connectivity index (χ0n) is 18.3. The highest BCUT2D eigenvalue weighted by atomic mass is 16.5. The van der Waals surface area contributed by atoms with Gasteiger partial charge in [0.25, 0.3) is 0 Å². The molecule has 3 rings (SSSR count). The number of nitrogens with one attached hydrogen (secondary N) is 2. The Kier molecular flexibility index (Phi) is 8.63. The van der Waals surface area contributed by atoms with Crippen LogP contribution >= 0.6 is 0 Å². The predicted molar refractivity (Wildman–Crippen MR) is 120 cm³/mol. The van der Waals surface area contributed by atoms with Gasteiger partial charge in [0.05, 0.1) is 13.4 Å². The van der Waals surface area contributed by atoms with Gasteiger partial charge in [0.2, 0.25) is 0 Å². The molecule has 0 aliphatic heterocycles. The van der Waals surface area contributed by atoms with Crippen LogP contribution in [0.25, 0.3) is 0 Å². The van der Waals surface area contributed by atoms with Gasteiger partial charge in [0.1, 0.15) is 11.5 Å². The first-order chi connectivity index (χ1) is 14.7.